The molecule has 0 amide bonds. The van der Waals surface area contributed by atoms with E-state index in [0.717, 1.165) is 6.42 Å². The zero-order chi connectivity index (χ0) is 5.86. The third-order valence-electron chi connectivity index (χ3n) is 1.05. The van der Waals surface area contributed by atoms with Gasteiger partial charge < -0.3 is 0 Å². The molecule has 42 valence electrons. The smallest absolute Gasteiger partial charge is 0.0997 e. The summed E-state index contributed by atoms with van der Waals surface area (Å²) in [6, 6.07) is 0. The highest BCUT2D eigenvalue weighted by molar-refractivity contribution is 6.64. The Bertz CT molecular complexity index is 70.5. The van der Waals surface area contributed by atoms with Gasteiger partial charge in [0, 0.05) is 5.92 Å². The molecule has 0 aromatic rings. The molecule has 0 radical (unpaired) electrons. The Morgan fingerprint density at radius 1 is 1.86 bits per heavy atom. The van der Waals surface area contributed by atoms with Crippen molar-refractivity contribution in [3.8, 4) is 0 Å². The molecule has 0 aliphatic carbocycles. The van der Waals surface area contributed by atoms with E-state index in [0.29, 0.717) is 0 Å². The van der Waals surface area contributed by atoms with Gasteiger partial charge in [-0.2, -0.15) is 0 Å². The van der Waals surface area contributed by atoms with Gasteiger partial charge in [-0.25, -0.2) is 0 Å². The van der Waals surface area contributed by atoms with E-state index in [-0.39, 0.29) is 11.1 Å². The van der Waals surface area contributed by atoms with Gasteiger partial charge in [-0.05, 0) is 6.42 Å². The van der Waals surface area contributed by atoms with Crippen molar-refractivity contribution in [3.05, 3.63) is 0 Å². The van der Waals surface area contributed by atoms with Crippen LogP contribution in [0.1, 0.15) is 20.3 Å². The van der Waals surface area contributed by atoms with Gasteiger partial charge in [0.25, 0.3) is 0 Å². The molecule has 0 aliphatic rings. The number of halogens is 1. The molecule has 0 rings (SSSR count). The van der Waals surface area contributed by atoms with Crippen molar-refractivity contribution in [1.82, 2.24) is 0 Å². The van der Waals surface area contributed by atoms with Crippen LogP contribution in [0.5, 0.6) is 0 Å². The molecule has 0 bridgehead atoms. The summed E-state index contributed by atoms with van der Waals surface area (Å²) in [5.74, 6) is 0.252. The molecule has 1 atom stereocenters. The standard InChI is InChI=1S/C5H10ClN/c1-3-4(2)5(6)7/h4,7H,3H2,1-2H3. The van der Waals surface area contributed by atoms with Crippen LogP contribution in [0.4, 0.5) is 0 Å². The van der Waals surface area contributed by atoms with Crippen molar-refractivity contribution in [2.75, 3.05) is 0 Å². The summed E-state index contributed by atoms with van der Waals surface area (Å²) in [7, 11) is 0. The quantitative estimate of drug-likeness (QED) is 0.540. The highest BCUT2D eigenvalue weighted by atomic mass is 35.5. The molecule has 0 spiro atoms. The van der Waals surface area contributed by atoms with Crippen LogP contribution in [0.2, 0.25) is 0 Å². The first-order valence-corrected chi connectivity index (χ1v) is 2.80. The SMILES string of the molecule is CCC(C)C(=N)Cl. The van der Waals surface area contributed by atoms with Crippen molar-refractivity contribution in [1.29, 1.82) is 5.41 Å². The van der Waals surface area contributed by atoms with Crippen LogP contribution in [-0.4, -0.2) is 5.17 Å². The van der Waals surface area contributed by atoms with Crippen molar-refractivity contribution in [2.24, 2.45) is 5.92 Å². The lowest BCUT2D eigenvalue weighted by atomic mass is 10.1. The van der Waals surface area contributed by atoms with Gasteiger partial charge in [0.1, 0.15) is 0 Å². The summed E-state index contributed by atoms with van der Waals surface area (Å²) in [4.78, 5) is 0. The second-order valence-corrected chi connectivity index (χ2v) is 2.06. The summed E-state index contributed by atoms with van der Waals surface area (Å²) in [5, 5.41) is 7.13. The molecule has 2 heteroatoms. The molecule has 1 N–H and O–H groups in total. The summed E-state index contributed by atoms with van der Waals surface area (Å²) >= 11 is 5.31. The first-order chi connectivity index (χ1) is 3.18. The van der Waals surface area contributed by atoms with E-state index in [1.54, 1.807) is 0 Å². The lowest BCUT2D eigenvalue weighted by Gasteiger charge is -1.99. The predicted octanol–water partition coefficient (Wildman–Crippen LogP) is 2.25. The minimum absolute atomic E-state index is 0.252. The average molecular weight is 120 g/mol. The summed E-state index contributed by atoms with van der Waals surface area (Å²) in [5.41, 5.74) is 0. The Morgan fingerprint density at radius 2 is 2.29 bits per heavy atom. The fourth-order valence-electron chi connectivity index (χ4n) is 0.179. The second kappa shape index (κ2) is 3.03. The van der Waals surface area contributed by atoms with Crippen molar-refractivity contribution >= 4 is 16.8 Å². The Hall–Kier alpha value is -0.0400. The monoisotopic (exact) mass is 119 g/mol. The lowest BCUT2D eigenvalue weighted by Crippen LogP contribution is -1.99. The molecule has 0 heterocycles. The van der Waals surface area contributed by atoms with Crippen LogP contribution < -0.4 is 0 Å². The van der Waals surface area contributed by atoms with E-state index >= 15 is 0 Å². The normalized spacial score (nSPS) is 13.6. The van der Waals surface area contributed by atoms with Gasteiger partial charge in [0.15, 0.2) is 0 Å². The Labute approximate surface area is 49.2 Å². The molecule has 0 saturated carbocycles. The summed E-state index contributed by atoms with van der Waals surface area (Å²) < 4.78 is 0. The Morgan fingerprint density at radius 3 is 2.29 bits per heavy atom. The van der Waals surface area contributed by atoms with E-state index in [1.807, 2.05) is 13.8 Å². The topological polar surface area (TPSA) is 23.9 Å². The fraction of sp³-hybridized carbons (Fsp3) is 0.800. The van der Waals surface area contributed by atoms with Gasteiger partial charge in [0.2, 0.25) is 0 Å². The number of nitrogens with one attached hydrogen (secondary N) is 1. The van der Waals surface area contributed by atoms with Crippen molar-refractivity contribution < 1.29 is 0 Å². The van der Waals surface area contributed by atoms with E-state index < -0.39 is 0 Å². The summed E-state index contributed by atoms with van der Waals surface area (Å²) in [6.07, 6.45) is 0.961. The summed E-state index contributed by atoms with van der Waals surface area (Å²) in [6.45, 7) is 3.96. The number of rotatable bonds is 2. The largest absolute Gasteiger partial charge is 0.293 e. The minimum Gasteiger partial charge on any atom is -0.293 e. The van der Waals surface area contributed by atoms with Crippen molar-refractivity contribution in [2.45, 2.75) is 20.3 Å². The zero-order valence-corrected chi connectivity index (χ0v) is 5.42. The minimum atomic E-state index is 0.252. The van der Waals surface area contributed by atoms with E-state index in [2.05, 4.69) is 0 Å². The van der Waals surface area contributed by atoms with Crippen LogP contribution in [0.3, 0.4) is 0 Å². The zero-order valence-electron chi connectivity index (χ0n) is 4.66. The number of hydrogen-bond acceptors (Lipinski definition) is 1. The molecule has 0 fully saturated rings. The van der Waals surface area contributed by atoms with E-state index in [4.69, 9.17) is 17.0 Å². The van der Waals surface area contributed by atoms with Crippen LogP contribution in [0.25, 0.3) is 0 Å². The van der Waals surface area contributed by atoms with Gasteiger partial charge >= 0.3 is 0 Å². The van der Waals surface area contributed by atoms with Crippen LogP contribution in [-0.2, 0) is 0 Å². The van der Waals surface area contributed by atoms with Crippen LogP contribution in [0, 0.1) is 11.3 Å². The maximum absolute atomic E-state index is 6.87. The maximum atomic E-state index is 6.87. The fourth-order valence-corrected chi connectivity index (χ4v) is 0.334. The van der Waals surface area contributed by atoms with E-state index in [1.165, 1.54) is 0 Å². The Kier molecular flexibility index (Phi) is 3.01. The first-order valence-electron chi connectivity index (χ1n) is 2.42. The molecule has 0 aliphatic heterocycles. The molecule has 7 heavy (non-hydrogen) atoms. The van der Waals surface area contributed by atoms with Crippen LogP contribution >= 0.6 is 11.6 Å². The first kappa shape index (κ1) is 6.96. The van der Waals surface area contributed by atoms with Gasteiger partial charge in [-0.15, -0.1) is 0 Å². The number of hydrogen-bond donors (Lipinski definition) is 1. The molecule has 1 unspecified atom stereocenters. The average Bonchev–Trinajstić information content (AvgIpc) is 1.65. The molecule has 0 aromatic carbocycles. The van der Waals surface area contributed by atoms with E-state index in [9.17, 15) is 0 Å². The van der Waals surface area contributed by atoms with Crippen LogP contribution in [0.15, 0.2) is 0 Å². The predicted molar refractivity (Wildman–Crippen MR) is 33.0 cm³/mol. The molecular weight excluding hydrogens is 110 g/mol. The lowest BCUT2D eigenvalue weighted by molar-refractivity contribution is 0.745. The third-order valence-corrected chi connectivity index (χ3v) is 1.42. The highest BCUT2D eigenvalue weighted by Gasteiger charge is 1.99. The molecule has 0 aromatic heterocycles. The van der Waals surface area contributed by atoms with Gasteiger partial charge in [-0.1, -0.05) is 25.4 Å². The second-order valence-electron chi connectivity index (χ2n) is 1.66. The van der Waals surface area contributed by atoms with Gasteiger partial charge in [-0.3, -0.25) is 5.41 Å². The molecule has 0 saturated heterocycles. The Balaban J connectivity index is 3.34. The highest BCUT2D eigenvalue weighted by Crippen LogP contribution is 2.03. The van der Waals surface area contributed by atoms with Crippen molar-refractivity contribution in [3.63, 3.8) is 0 Å². The molecule has 1 nitrogen and oxygen atoms in total. The molecular formula is C5H10ClN. The third kappa shape index (κ3) is 2.63. The van der Waals surface area contributed by atoms with Gasteiger partial charge in [0.05, 0.1) is 5.17 Å². The maximum Gasteiger partial charge on any atom is 0.0997 e.